The molecule has 0 unspecified atom stereocenters. The van der Waals surface area contributed by atoms with E-state index < -0.39 is 0 Å². The standard InChI is InChI=1S/C9H11NOS/c1-2-5-12-9-4-3-8(7-11)6-10-9/h3-4,6-7H,2,5H2,1H3. The van der Waals surface area contributed by atoms with E-state index in [1.165, 1.54) is 0 Å². The molecule has 0 saturated heterocycles. The Balaban J connectivity index is 2.58. The predicted molar refractivity (Wildman–Crippen MR) is 50.6 cm³/mol. The van der Waals surface area contributed by atoms with E-state index in [9.17, 15) is 4.79 Å². The van der Waals surface area contributed by atoms with Gasteiger partial charge in [0.25, 0.3) is 0 Å². The van der Waals surface area contributed by atoms with Gasteiger partial charge in [0.1, 0.15) is 0 Å². The minimum Gasteiger partial charge on any atom is -0.298 e. The van der Waals surface area contributed by atoms with E-state index in [-0.39, 0.29) is 0 Å². The fourth-order valence-electron chi connectivity index (χ4n) is 0.753. The van der Waals surface area contributed by atoms with Crippen LogP contribution in [0.5, 0.6) is 0 Å². The smallest absolute Gasteiger partial charge is 0.151 e. The summed E-state index contributed by atoms with van der Waals surface area (Å²) < 4.78 is 0. The van der Waals surface area contributed by atoms with Gasteiger partial charge in [0, 0.05) is 11.8 Å². The average molecular weight is 181 g/mol. The van der Waals surface area contributed by atoms with Crippen molar-refractivity contribution in [1.29, 1.82) is 0 Å². The Morgan fingerprint density at radius 1 is 1.58 bits per heavy atom. The molecule has 1 aromatic rings. The van der Waals surface area contributed by atoms with Crippen LogP contribution in [0.25, 0.3) is 0 Å². The molecule has 0 atom stereocenters. The molecule has 0 aliphatic carbocycles. The molecule has 0 bridgehead atoms. The van der Waals surface area contributed by atoms with Crippen LogP contribution in [0.4, 0.5) is 0 Å². The van der Waals surface area contributed by atoms with Crippen molar-refractivity contribution < 1.29 is 4.79 Å². The van der Waals surface area contributed by atoms with Crippen molar-refractivity contribution in [2.75, 3.05) is 5.75 Å². The molecule has 12 heavy (non-hydrogen) atoms. The number of rotatable bonds is 4. The summed E-state index contributed by atoms with van der Waals surface area (Å²) in [6.45, 7) is 2.13. The lowest BCUT2D eigenvalue weighted by molar-refractivity contribution is 0.112. The Bertz CT molecular complexity index is 245. The number of thioether (sulfide) groups is 1. The zero-order valence-electron chi connectivity index (χ0n) is 6.99. The zero-order chi connectivity index (χ0) is 8.81. The molecule has 0 fully saturated rings. The lowest BCUT2D eigenvalue weighted by Crippen LogP contribution is -1.84. The van der Waals surface area contributed by atoms with Gasteiger partial charge in [-0.05, 0) is 24.3 Å². The van der Waals surface area contributed by atoms with Crippen LogP contribution in [0, 0.1) is 0 Å². The summed E-state index contributed by atoms with van der Waals surface area (Å²) in [5, 5.41) is 0.988. The van der Waals surface area contributed by atoms with E-state index in [0.717, 1.165) is 23.5 Å². The third kappa shape index (κ3) is 2.66. The highest BCUT2D eigenvalue weighted by Crippen LogP contribution is 2.15. The summed E-state index contributed by atoms with van der Waals surface area (Å²) >= 11 is 1.71. The van der Waals surface area contributed by atoms with Crippen LogP contribution in [-0.4, -0.2) is 17.0 Å². The Morgan fingerprint density at radius 2 is 2.42 bits per heavy atom. The maximum atomic E-state index is 10.3. The van der Waals surface area contributed by atoms with Crippen molar-refractivity contribution in [3.05, 3.63) is 23.9 Å². The molecule has 3 heteroatoms. The molecule has 64 valence electrons. The summed E-state index contributed by atoms with van der Waals surface area (Å²) in [6, 6.07) is 3.67. The topological polar surface area (TPSA) is 30.0 Å². The van der Waals surface area contributed by atoms with Crippen molar-refractivity contribution >= 4 is 18.0 Å². The molecule has 0 aromatic carbocycles. The minimum atomic E-state index is 0.635. The van der Waals surface area contributed by atoms with Gasteiger partial charge in [-0.25, -0.2) is 4.98 Å². The third-order valence-electron chi connectivity index (χ3n) is 1.35. The first-order chi connectivity index (χ1) is 5.86. The van der Waals surface area contributed by atoms with Gasteiger partial charge in [-0.3, -0.25) is 4.79 Å². The maximum absolute atomic E-state index is 10.3. The maximum Gasteiger partial charge on any atom is 0.151 e. The van der Waals surface area contributed by atoms with Gasteiger partial charge in [-0.15, -0.1) is 11.8 Å². The normalized spacial score (nSPS) is 9.75. The number of hydrogen-bond donors (Lipinski definition) is 0. The molecule has 1 heterocycles. The second-order valence-corrected chi connectivity index (χ2v) is 3.51. The lowest BCUT2D eigenvalue weighted by atomic mass is 10.3. The fraction of sp³-hybridized carbons (Fsp3) is 0.333. The first-order valence-corrected chi connectivity index (χ1v) is 4.89. The van der Waals surface area contributed by atoms with Crippen LogP contribution in [0.1, 0.15) is 23.7 Å². The second kappa shape index (κ2) is 4.93. The van der Waals surface area contributed by atoms with Crippen LogP contribution in [-0.2, 0) is 0 Å². The quantitative estimate of drug-likeness (QED) is 0.527. The molecule has 0 N–H and O–H groups in total. The number of hydrogen-bond acceptors (Lipinski definition) is 3. The number of nitrogens with zero attached hydrogens (tertiary/aromatic N) is 1. The van der Waals surface area contributed by atoms with Crippen molar-refractivity contribution in [3.8, 4) is 0 Å². The molecule has 0 radical (unpaired) electrons. The largest absolute Gasteiger partial charge is 0.298 e. The van der Waals surface area contributed by atoms with E-state index in [1.54, 1.807) is 24.0 Å². The van der Waals surface area contributed by atoms with Gasteiger partial charge >= 0.3 is 0 Å². The average Bonchev–Trinajstić information content (AvgIpc) is 2.15. The SMILES string of the molecule is CCCSc1ccc(C=O)cn1. The van der Waals surface area contributed by atoms with E-state index >= 15 is 0 Å². The summed E-state index contributed by atoms with van der Waals surface area (Å²) in [4.78, 5) is 14.4. The molecule has 0 spiro atoms. The van der Waals surface area contributed by atoms with Gasteiger partial charge in [0.2, 0.25) is 0 Å². The van der Waals surface area contributed by atoms with Crippen molar-refractivity contribution in [2.24, 2.45) is 0 Å². The highest BCUT2D eigenvalue weighted by atomic mass is 32.2. The Kier molecular flexibility index (Phi) is 3.80. The summed E-state index contributed by atoms with van der Waals surface area (Å²) in [5.74, 6) is 1.08. The van der Waals surface area contributed by atoms with E-state index in [1.807, 2.05) is 6.07 Å². The van der Waals surface area contributed by atoms with Gasteiger partial charge < -0.3 is 0 Å². The first-order valence-electron chi connectivity index (χ1n) is 3.91. The highest BCUT2D eigenvalue weighted by molar-refractivity contribution is 7.99. The third-order valence-corrected chi connectivity index (χ3v) is 2.50. The number of carbonyl (C=O) groups excluding carboxylic acids is 1. The number of carbonyl (C=O) groups is 1. The predicted octanol–water partition coefficient (Wildman–Crippen LogP) is 2.40. The molecule has 0 amide bonds. The van der Waals surface area contributed by atoms with Gasteiger partial charge in [0.15, 0.2) is 6.29 Å². The molecular formula is C9H11NOS. The zero-order valence-corrected chi connectivity index (χ0v) is 7.80. The van der Waals surface area contributed by atoms with Crippen LogP contribution >= 0.6 is 11.8 Å². The minimum absolute atomic E-state index is 0.635. The van der Waals surface area contributed by atoms with Gasteiger partial charge in [0.05, 0.1) is 5.03 Å². The van der Waals surface area contributed by atoms with Crippen LogP contribution < -0.4 is 0 Å². The monoisotopic (exact) mass is 181 g/mol. The fourth-order valence-corrected chi connectivity index (χ4v) is 1.46. The molecule has 1 aromatic heterocycles. The number of pyridine rings is 1. The Hall–Kier alpha value is -0.830. The molecule has 2 nitrogen and oxygen atoms in total. The molecule has 0 saturated carbocycles. The van der Waals surface area contributed by atoms with Crippen LogP contribution in [0.2, 0.25) is 0 Å². The molecule has 0 aliphatic rings. The van der Waals surface area contributed by atoms with Crippen LogP contribution in [0.3, 0.4) is 0 Å². The van der Waals surface area contributed by atoms with Gasteiger partial charge in [-0.1, -0.05) is 6.92 Å². The second-order valence-electron chi connectivity index (χ2n) is 2.40. The van der Waals surface area contributed by atoms with E-state index in [0.29, 0.717) is 5.56 Å². The first kappa shape index (κ1) is 9.26. The van der Waals surface area contributed by atoms with Gasteiger partial charge in [-0.2, -0.15) is 0 Å². The van der Waals surface area contributed by atoms with E-state index in [4.69, 9.17) is 0 Å². The van der Waals surface area contributed by atoms with Crippen molar-refractivity contribution in [3.63, 3.8) is 0 Å². The van der Waals surface area contributed by atoms with Crippen molar-refractivity contribution in [2.45, 2.75) is 18.4 Å². The number of aldehydes is 1. The van der Waals surface area contributed by atoms with Crippen molar-refractivity contribution in [1.82, 2.24) is 4.98 Å². The summed E-state index contributed by atoms with van der Waals surface area (Å²) in [6.07, 6.45) is 3.55. The highest BCUT2D eigenvalue weighted by Gasteiger charge is 1.94. The summed E-state index contributed by atoms with van der Waals surface area (Å²) in [7, 11) is 0. The Labute approximate surface area is 76.4 Å². The lowest BCUT2D eigenvalue weighted by Gasteiger charge is -1.97. The Morgan fingerprint density at radius 3 is 2.92 bits per heavy atom. The molecule has 0 aliphatic heterocycles. The molecular weight excluding hydrogens is 170 g/mol. The van der Waals surface area contributed by atoms with E-state index in [2.05, 4.69) is 11.9 Å². The van der Waals surface area contributed by atoms with Crippen LogP contribution in [0.15, 0.2) is 23.4 Å². The molecule has 1 rings (SSSR count). The summed E-state index contributed by atoms with van der Waals surface area (Å²) in [5.41, 5.74) is 0.635. The number of aromatic nitrogens is 1.